The van der Waals surface area contributed by atoms with Gasteiger partial charge in [-0.3, -0.25) is 0 Å². The van der Waals surface area contributed by atoms with E-state index >= 15 is 0 Å². The van der Waals surface area contributed by atoms with Crippen molar-refractivity contribution >= 4 is 23.4 Å². The largest absolute Gasteiger partial charge is 0.462 e. The topological polar surface area (TPSA) is 50.1 Å². The maximum atomic E-state index is 11.2. The van der Waals surface area contributed by atoms with Crippen LogP contribution in [0, 0.1) is 11.3 Å². The summed E-state index contributed by atoms with van der Waals surface area (Å²) in [4.78, 5) is 12.1. The Morgan fingerprint density at radius 1 is 1.79 bits per heavy atom. The zero-order valence-corrected chi connectivity index (χ0v) is 8.50. The number of thiophene rings is 1. The highest BCUT2D eigenvalue weighted by molar-refractivity contribution is 7.10. The quantitative estimate of drug-likeness (QED) is 0.434. The number of ether oxygens (including phenoxy) is 1. The third-order valence-electron chi connectivity index (χ3n) is 1.45. The molecule has 1 aromatic heterocycles. The minimum absolute atomic E-state index is 0.0364. The van der Waals surface area contributed by atoms with Crippen molar-refractivity contribution in [2.24, 2.45) is 0 Å². The molecular formula is C10H9NO2S. The molecule has 0 atom stereocenters. The number of rotatable bonds is 3. The first-order valence-electron chi connectivity index (χ1n) is 4.10. The highest BCUT2D eigenvalue weighted by atomic mass is 32.1. The highest BCUT2D eigenvalue weighted by Gasteiger charge is 2.09. The number of hydrogen-bond donors (Lipinski definition) is 0. The van der Waals surface area contributed by atoms with E-state index < -0.39 is 5.97 Å². The molecule has 0 spiro atoms. The van der Waals surface area contributed by atoms with Crippen molar-refractivity contribution in [2.45, 2.75) is 6.92 Å². The third-order valence-corrected chi connectivity index (χ3v) is 2.26. The molecule has 0 unspecified atom stereocenters. The Labute approximate surface area is 86.2 Å². The van der Waals surface area contributed by atoms with Crippen LogP contribution in [-0.2, 0) is 9.53 Å². The van der Waals surface area contributed by atoms with Gasteiger partial charge in [0.15, 0.2) is 0 Å². The van der Waals surface area contributed by atoms with Gasteiger partial charge in [0, 0.05) is 4.88 Å². The summed E-state index contributed by atoms with van der Waals surface area (Å²) < 4.78 is 4.72. The Hall–Kier alpha value is -1.60. The van der Waals surface area contributed by atoms with Crippen LogP contribution in [-0.4, -0.2) is 12.6 Å². The molecule has 0 saturated carbocycles. The molecular weight excluding hydrogens is 198 g/mol. The van der Waals surface area contributed by atoms with Crippen molar-refractivity contribution in [1.29, 1.82) is 5.26 Å². The second-order valence-electron chi connectivity index (χ2n) is 2.41. The molecule has 1 aromatic rings. The van der Waals surface area contributed by atoms with Crippen LogP contribution in [0.2, 0.25) is 0 Å². The van der Waals surface area contributed by atoms with E-state index in [0.29, 0.717) is 0 Å². The Kier molecular flexibility index (Phi) is 3.89. The summed E-state index contributed by atoms with van der Waals surface area (Å²) in [5.74, 6) is -0.566. The lowest BCUT2D eigenvalue weighted by atomic mass is 10.2. The van der Waals surface area contributed by atoms with Crippen molar-refractivity contribution in [1.82, 2.24) is 0 Å². The van der Waals surface area contributed by atoms with Gasteiger partial charge in [0.25, 0.3) is 0 Å². The monoisotopic (exact) mass is 207 g/mol. The van der Waals surface area contributed by atoms with Gasteiger partial charge < -0.3 is 4.74 Å². The molecule has 0 aliphatic rings. The molecule has 0 aliphatic carbocycles. The summed E-state index contributed by atoms with van der Waals surface area (Å²) >= 11 is 1.47. The SMILES string of the molecule is CCOC(=O)/C(C#N)=C/c1cccs1. The van der Waals surface area contributed by atoms with Gasteiger partial charge in [-0.1, -0.05) is 6.07 Å². The normalized spacial score (nSPS) is 10.7. The van der Waals surface area contributed by atoms with Crippen LogP contribution in [0.1, 0.15) is 11.8 Å². The molecule has 1 rings (SSSR count). The number of carbonyl (C=O) groups is 1. The van der Waals surface area contributed by atoms with Gasteiger partial charge >= 0.3 is 5.97 Å². The van der Waals surface area contributed by atoms with Gasteiger partial charge in [-0.25, -0.2) is 4.79 Å². The molecule has 0 fully saturated rings. The van der Waals surface area contributed by atoms with E-state index in [9.17, 15) is 4.79 Å². The van der Waals surface area contributed by atoms with E-state index in [0.717, 1.165) is 4.88 Å². The lowest BCUT2D eigenvalue weighted by Gasteiger charge is -1.97. The van der Waals surface area contributed by atoms with Crippen LogP contribution in [0.5, 0.6) is 0 Å². The Balaban J connectivity index is 2.83. The summed E-state index contributed by atoms with van der Waals surface area (Å²) in [5.41, 5.74) is 0.0364. The predicted molar refractivity (Wildman–Crippen MR) is 54.5 cm³/mol. The van der Waals surface area contributed by atoms with Crippen molar-refractivity contribution < 1.29 is 9.53 Å². The number of carbonyl (C=O) groups excluding carboxylic acids is 1. The molecule has 72 valence electrons. The molecule has 0 N–H and O–H groups in total. The van der Waals surface area contributed by atoms with Crippen LogP contribution in [0.15, 0.2) is 23.1 Å². The highest BCUT2D eigenvalue weighted by Crippen LogP contribution is 2.13. The van der Waals surface area contributed by atoms with Gasteiger partial charge in [0.05, 0.1) is 6.61 Å². The smallest absolute Gasteiger partial charge is 0.348 e. The molecule has 0 aromatic carbocycles. The summed E-state index contributed by atoms with van der Waals surface area (Å²) in [6.07, 6.45) is 1.53. The molecule has 4 heteroatoms. The van der Waals surface area contributed by atoms with Gasteiger partial charge in [-0.15, -0.1) is 11.3 Å². The average Bonchev–Trinajstić information content (AvgIpc) is 2.66. The van der Waals surface area contributed by atoms with Crippen LogP contribution < -0.4 is 0 Å². The Bertz CT molecular complexity index is 373. The van der Waals surface area contributed by atoms with Crippen molar-refractivity contribution in [3.63, 3.8) is 0 Å². The zero-order chi connectivity index (χ0) is 10.4. The van der Waals surface area contributed by atoms with Gasteiger partial charge in [-0.2, -0.15) is 5.26 Å². The zero-order valence-electron chi connectivity index (χ0n) is 7.69. The summed E-state index contributed by atoms with van der Waals surface area (Å²) in [6.45, 7) is 1.99. The molecule has 0 radical (unpaired) electrons. The van der Waals surface area contributed by atoms with Gasteiger partial charge in [-0.05, 0) is 24.4 Å². The minimum Gasteiger partial charge on any atom is -0.462 e. The fourth-order valence-electron chi connectivity index (χ4n) is 0.861. The lowest BCUT2D eigenvalue weighted by molar-refractivity contribution is -0.137. The van der Waals surface area contributed by atoms with Crippen LogP contribution >= 0.6 is 11.3 Å². The lowest BCUT2D eigenvalue weighted by Crippen LogP contribution is -2.05. The first-order chi connectivity index (χ1) is 6.77. The second kappa shape index (κ2) is 5.20. The Morgan fingerprint density at radius 3 is 3.07 bits per heavy atom. The van der Waals surface area contributed by atoms with Crippen LogP contribution in [0.3, 0.4) is 0 Å². The van der Waals surface area contributed by atoms with Crippen LogP contribution in [0.25, 0.3) is 6.08 Å². The van der Waals surface area contributed by atoms with Crippen LogP contribution in [0.4, 0.5) is 0 Å². The van der Waals surface area contributed by atoms with Crippen molar-refractivity contribution in [2.75, 3.05) is 6.61 Å². The number of esters is 1. The fourth-order valence-corrected chi connectivity index (χ4v) is 1.52. The van der Waals surface area contributed by atoms with E-state index in [1.165, 1.54) is 17.4 Å². The summed E-state index contributed by atoms with van der Waals surface area (Å²) in [5, 5.41) is 10.6. The van der Waals surface area contributed by atoms with E-state index in [1.807, 2.05) is 23.6 Å². The summed E-state index contributed by atoms with van der Waals surface area (Å²) in [6, 6.07) is 5.51. The predicted octanol–water partition coefficient (Wildman–Crippen LogP) is 2.22. The van der Waals surface area contributed by atoms with E-state index in [4.69, 9.17) is 10.00 Å². The molecule has 1 heterocycles. The summed E-state index contributed by atoms with van der Waals surface area (Å²) in [7, 11) is 0. The number of hydrogen-bond acceptors (Lipinski definition) is 4. The first-order valence-corrected chi connectivity index (χ1v) is 4.98. The van der Waals surface area contributed by atoms with Gasteiger partial charge in [0.1, 0.15) is 11.6 Å². The first kappa shape index (κ1) is 10.5. The molecule has 0 saturated heterocycles. The third kappa shape index (κ3) is 2.71. The number of nitriles is 1. The average molecular weight is 207 g/mol. The fraction of sp³-hybridized carbons (Fsp3) is 0.200. The van der Waals surface area contributed by atoms with E-state index in [-0.39, 0.29) is 12.2 Å². The van der Waals surface area contributed by atoms with Crippen molar-refractivity contribution in [3.05, 3.63) is 28.0 Å². The van der Waals surface area contributed by atoms with E-state index in [2.05, 4.69) is 0 Å². The maximum absolute atomic E-state index is 11.2. The molecule has 0 bridgehead atoms. The molecule has 0 aliphatic heterocycles. The van der Waals surface area contributed by atoms with Crippen molar-refractivity contribution in [3.8, 4) is 6.07 Å². The van der Waals surface area contributed by atoms with E-state index in [1.54, 1.807) is 6.92 Å². The second-order valence-corrected chi connectivity index (χ2v) is 3.38. The standard InChI is InChI=1S/C10H9NO2S/c1-2-13-10(12)8(7-11)6-9-4-3-5-14-9/h3-6H,2H2,1H3/b8-6+. The molecule has 0 amide bonds. The number of nitrogens with zero attached hydrogens (tertiary/aromatic N) is 1. The maximum Gasteiger partial charge on any atom is 0.348 e. The van der Waals surface area contributed by atoms with Gasteiger partial charge in [0.2, 0.25) is 0 Å². The molecule has 14 heavy (non-hydrogen) atoms. The minimum atomic E-state index is -0.566. The molecule has 3 nitrogen and oxygen atoms in total. The Morgan fingerprint density at radius 2 is 2.57 bits per heavy atom.